The lowest BCUT2D eigenvalue weighted by atomic mass is 10.4. The highest BCUT2D eigenvalue weighted by Crippen LogP contribution is 2.27. The van der Waals surface area contributed by atoms with Gasteiger partial charge in [-0.15, -0.1) is 0 Å². The molecule has 0 unspecified atom stereocenters. The zero-order valence-electron chi connectivity index (χ0n) is 10.1. The molecule has 1 N–H and O–H groups in total. The molecule has 1 rings (SSSR count). The first kappa shape index (κ1) is 14.7. The summed E-state index contributed by atoms with van der Waals surface area (Å²) in [6.07, 6.45) is -1.71. The third-order valence-electron chi connectivity index (χ3n) is 2.04. The Kier molecular flexibility index (Phi) is 5.84. The Morgan fingerprint density at radius 1 is 1.33 bits per heavy atom. The van der Waals surface area contributed by atoms with Crippen LogP contribution in [0.25, 0.3) is 0 Å². The van der Waals surface area contributed by atoms with E-state index in [-0.39, 0.29) is 5.95 Å². The van der Waals surface area contributed by atoms with Crippen LogP contribution >= 0.6 is 0 Å². The van der Waals surface area contributed by atoms with Gasteiger partial charge < -0.3 is 10.1 Å². The van der Waals surface area contributed by atoms with E-state index >= 15 is 0 Å². The minimum atomic E-state index is -4.44. The first-order chi connectivity index (χ1) is 8.54. The molecule has 0 bridgehead atoms. The van der Waals surface area contributed by atoms with Crippen LogP contribution in [0, 0.1) is 0 Å². The normalized spacial score (nSPS) is 11.6. The Morgan fingerprint density at radius 2 is 2.11 bits per heavy atom. The second-order valence-corrected chi connectivity index (χ2v) is 3.66. The molecule has 0 saturated heterocycles. The summed E-state index contributed by atoms with van der Waals surface area (Å²) in [6, 6.07) is 0.843. The van der Waals surface area contributed by atoms with Crippen LogP contribution in [0.5, 0.6) is 0 Å². The van der Waals surface area contributed by atoms with Gasteiger partial charge >= 0.3 is 6.18 Å². The molecular weight excluding hydrogens is 247 g/mol. The second-order valence-electron chi connectivity index (χ2n) is 3.66. The van der Waals surface area contributed by atoms with E-state index < -0.39 is 11.9 Å². The van der Waals surface area contributed by atoms with Crippen molar-refractivity contribution in [2.45, 2.75) is 25.9 Å². The molecule has 0 fully saturated rings. The van der Waals surface area contributed by atoms with Gasteiger partial charge in [0.1, 0.15) is 5.69 Å². The quantitative estimate of drug-likeness (QED) is 0.768. The van der Waals surface area contributed by atoms with Crippen molar-refractivity contribution in [3.8, 4) is 0 Å². The van der Waals surface area contributed by atoms with E-state index in [1.807, 2.05) is 6.92 Å². The van der Waals surface area contributed by atoms with Gasteiger partial charge in [-0.25, -0.2) is 9.97 Å². The van der Waals surface area contributed by atoms with Gasteiger partial charge in [-0.2, -0.15) is 13.2 Å². The number of anilines is 1. The highest BCUT2D eigenvalue weighted by atomic mass is 19.4. The topological polar surface area (TPSA) is 47.0 Å². The van der Waals surface area contributed by atoms with Crippen molar-refractivity contribution in [1.29, 1.82) is 0 Å². The first-order valence-corrected chi connectivity index (χ1v) is 5.76. The van der Waals surface area contributed by atoms with Gasteiger partial charge in [0, 0.05) is 26.0 Å². The summed E-state index contributed by atoms with van der Waals surface area (Å²) in [4.78, 5) is 7.11. The van der Waals surface area contributed by atoms with Crippen LogP contribution in [-0.4, -0.2) is 29.7 Å². The fraction of sp³-hybridized carbons (Fsp3) is 0.636. The summed E-state index contributed by atoms with van der Waals surface area (Å²) in [6.45, 7) is 3.75. The zero-order valence-corrected chi connectivity index (χ0v) is 10.1. The molecule has 0 spiro atoms. The smallest absolute Gasteiger partial charge is 0.381 e. The predicted molar refractivity (Wildman–Crippen MR) is 61.3 cm³/mol. The van der Waals surface area contributed by atoms with E-state index in [1.165, 1.54) is 0 Å². The van der Waals surface area contributed by atoms with Crippen molar-refractivity contribution in [2.24, 2.45) is 0 Å². The average molecular weight is 263 g/mol. The van der Waals surface area contributed by atoms with Gasteiger partial charge in [0.2, 0.25) is 5.95 Å². The SMILES string of the molecule is CCCOCCCNc1nccc(C(F)(F)F)n1. The fourth-order valence-electron chi connectivity index (χ4n) is 1.22. The van der Waals surface area contributed by atoms with Crippen molar-refractivity contribution in [1.82, 2.24) is 9.97 Å². The molecule has 102 valence electrons. The molecule has 0 atom stereocenters. The van der Waals surface area contributed by atoms with Gasteiger partial charge in [0.25, 0.3) is 0 Å². The molecule has 1 aromatic heterocycles. The predicted octanol–water partition coefficient (Wildman–Crippen LogP) is 2.72. The third-order valence-corrected chi connectivity index (χ3v) is 2.04. The first-order valence-electron chi connectivity index (χ1n) is 5.76. The number of ether oxygens (including phenoxy) is 1. The standard InChI is InChI=1S/C11H16F3N3O/c1-2-7-18-8-3-5-15-10-16-6-4-9(17-10)11(12,13)14/h4,6H,2-3,5,7-8H2,1H3,(H,15,16,17). The number of hydrogen-bond acceptors (Lipinski definition) is 4. The van der Waals surface area contributed by atoms with Crippen LogP contribution in [0.2, 0.25) is 0 Å². The minimum Gasteiger partial charge on any atom is -0.381 e. The summed E-state index contributed by atoms with van der Waals surface area (Å²) < 4.78 is 42.3. The maximum atomic E-state index is 12.4. The monoisotopic (exact) mass is 263 g/mol. The van der Waals surface area contributed by atoms with Crippen LogP contribution in [0.1, 0.15) is 25.5 Å². The molecule has 0 aliphatic carbocycles. The Labute approximate surface area is 104 Å². The summed E-state index contributed by atoms with van der Waals surface area (Å²) in [5, 5.41) is 2.73. The fourth-order valence-corrected chi connectivity index (χ4v) is 1.22. The number of halogens is 3. The van der Waals surface area contributed by atoms with Gasteiger partial charge in [0.15, 0.2) is 0 Å². The molecule has 0 aliphatic rings. The van der Waals surface area contributed by atoms with Crippen molar-refractivity contribution in [3.05, 3.63) is 18.0 Å². The number of nitrogens with zero attached hydrogens (tertiary/aromatic N) is 2. The summed E-state index contributed by atoms with van der Waals surface area (Å²) >= 11 is 0. The lowest BCUT2D eigenvalue weighted by Crippen LogP contribution is -2.13. The molecule has 0 aromatic carbocycles. The Balaban J connectivity index is 2.34. The maximum absolute atomic E-state index is 12.4. The molecule has 0 aliphatic heterocycles. The zero-order chi connectivity index (χ0) is 13.4. The summed E-state index contributed by atoms with van der Waals surface area (Å²) in [7, 11) is 0. The van der Waals surface area contributed by atoms with E-state index in [4.69, 9.17) is 4.74 Å². The largest absolute Gasteiger partial charge is 0.433 e. The molecule has 0 amide bonds. The molecule has 7 heteroatoms. The maximum Gasteiger partial charge on any atom is 0.433 e. The molecular formula is C11H16F3N3O. The number of rotatable bonds is 7. The van der Waals surface area contributed by atoms with E-state index in [0.29, 0.717) is 26.2 Å². The average Bonchev–Trinajstić information content (AvgIpc) is 2.33. The van der Waals surface area contributed by atoms with E-state index in [9.17, 15) is 13.2 Å². The number of alkyl halides is 3. The lowest BCUT2D eigenvalue weighted by Gasteiger charge is -2.08. The van der Waals surface area contributed by atoms with Crippen molar-refractivity contribution in [2.75, 3.05) is 25.1 Å². The summed E-state index contributed by atoms with van der Waals surface area (Å²) in [5.41, 5.74) is -0.942. The molecule has 0 saturated carbocycles. The second kappa shape index (κ2) is 7.15. The molecule has 1 heterocycles. The van der Waals surface area contributed by atoms with Gasteiger partial charge in [0.05, 0.1) is 0 Å². The Morgan fingerprint density at radius 3 is 2.78 bits per heavy atom. The van der Waals surface area contributed by atoms with Gasteiger partial charge in [-0.1, -0.05) is 6.92 Å². The Hall–Kier alpha value is -1.37. The molecule has 18 heavy (non-hydrogen) atoms. The lowest BCUT2D eigenvalue weighted by molar-refractivity contribution is -0.141. The van der Waals surface area contributed by atoms with Crippen LogP contribution < -0.4 is 5.32 Å². The molecule has 1 aromatic rings. The van der Waals surface area contributed by atoms with Crippen molar-refractivity contribution in [3.63, 3.8) is 0 Å². The van der Waals surface area contributed by atoms with Crippen LogP contribution in [0.15, 0.2) is 12.3 Å². The number of aromatic nitrogens is 2. The third kappa shape index (κ3) is 5.31. The summed E-state index contributed by atoms with van der Waals surface area (Å²) in [5.74, 6) is -0.0136. The molecule has 0 radical (unpaired) electrons. The van der Waals surface area contributed by atoms with Crippen molar-refractivity contribution >= 4 is 5.95 Å². The molecule has 4 nitrogen and oxygen atoms in total. The van der Waals surface area contributed by atoms with Crippen LogP contribution in [0.4, 0.5) is 19.1 Å². The van der Waals surface area contributed by atoms with Gasteiger partial charge in [-0.3, -0.25) is 0 Å². The van der Waals surface area contributed by atoms with Gasteiger partial charge in [-0.05, 0) is 18.9 Å². The number of hydrogen-bond donors (Lipinski definition) is 1. The minimum absolute atomic E-state index is 0.0136. The van der Waals surface area contributed by atoms with Crippen molar-refractivity contribution < 1.29 is 17.9 Å². The van der Waals surface area contributed by atoms with E-state index in [0.717, 1.165) is 18.7 Å². The Bertz CT molecular complexity index is 358. The van der Waals surface area contributed by atoms with Crippen LogP contribution in [-0.2, 0) is 10.9 Å². The van der Waals surface area contributed by atoms with Crippen LogP contribution in [0.3, 0.4) is 0 Å². The van der Waals surface area contributed by atoms with E-state index in [1.54, 1.807) is 0 Å². The van der Waals surface area contributed by atoms with E-state index in [2.05, 4.69) is 15.3 Å². The highest BCUT2D eigenvalue weighted by Gasteiger charge is 2.32. The number of nitrogens with one attached hydrogen (secondary N) is 1. The highest BCUT2D eigenvalue weighted by molar-refractivity contribution is 5.25.